The van der Waals surface area contributed by atoms with E-state index in [2.05, 4.69) is 15.4 Å². The van der Waals surface area contributed by atoms with Crippen molar-refractivity contribution in [3.8, 4) is 0 Å². The van der Waals surface area contributed by atoms with Crippen LogP contribution < -0.4 is 10.6 Å². The zero-order chi connectivity index (χ0) is 40.0. The van der Waals surface area contributed by atoms with Crippen molar-refractivity contribution in [1.29, 1.82) is 0 Å². The van der Waals surface area contributed by atoms with E-state index in [0.29, 0.717) is 16.8 Å². The van der Waals surface area contributed by atoms with Crippen LogP contribution in [0.5, 0.6) is 0 Å². The van der Waals surface area contributed by atoms with Gasteiger partial charge < -0.3 is 39.1 Å². The minimum atomic E-state index is -0.961. The number of anilines is 1. The summed E-state index contributed by atoms with van der Waals surface area (Å²) in [5.74, 6) is -3.40. The molecule has 0 fully saturated rings. The van der Waals surface area contributed by atoms with Crippen LogP contribution in [0.25, 0.3) is 0 Å². The molecule has 0 saturated heterocycles. The zero-order valence-electron chi connectivity index (χ0n) is 31.4. The maximum Gasteiger partial charge on any atom is 0.337 e. The molecule has 2 amide bonds. The molecule has 1 atom stereocenters. The minimum Gasteiger partial charge on any atom is -0.468 e. The molecule has 0 radical (unpaired) electrons. The number of hydrogen-bond donors (Lipinski definition) is 2. The highest BCUT2D eigenvalue weighted by Crippen LogP contribution is 2.16. The van der Waals surface area contributed by atoms with E-state index in [9.17, 15) is 33.6 Å². The van der Waals surface area contributed by atoms with Crippen molar-refractivity contribution in [2.45, 2.75) is 19.0 Å². The highest BCUT2D eigenvalue weighted by Gasteiger charge is 2.30. The third-order valence-electron chi connectivity index (χ3n) is 8.12. The largest absolute Gasteiger partial charge is 0.468 e. The lowest BCUT2D eigenvalue weighted by Crippen LogP contribution is -2.50. The van der Waals surface area contributed by atoms with Crippen LogP contribution in [-0.4, -0.2) is 158 Å². The Hall–Kier alpha value is -5.59. The number of benzene rings is 2. The average Bonchev–Trinajstić information content (AvgIpc) is 3.19. The van der Waals surface area contributed by atoms with Gasteiger partial charge in [0.2, 0.25) is 0 Å². The predicted octanol–water partition coefficient (Wildman–Crippen LogP) is 0.477. The quantitative estimate of drug-likeness (QED) is 0.124. The molecule has 18 nitrogen and oxygen atoms in total. The van der Waals surface area contributed by atoms with Gasteiger partial charge in [-0.1, -0.05) is 24.3 Å². The second kappa shape index (κ2) is 23.9. The van der Waals surface area contributed by atoms with Gasteiger partial charge in [0.15, 0.2) is 0 Å². The van der Waals surface area contributed by atoms with E-state index in [1.165, 1.54) is 47.6 Å². The molecular formula is C36H49N5O13. The summed E-state index contributed by atoms with van der Waals surface area (Å²) in [7, 11) is 7.42. The molecule has 2 aromatic rings. The number of ether oxygens (including phenoxy) is 6. The Bertz CT molecular complexity index is 1530. The monoisotopic (exact) mass is 759 g/mol. The number of carbonyl (C=O) groups excluding carboxylic acids is 7. The molecule has 0 aromatic heterocycles. The predicted molar refractivity (Wildman–Crippen MR) is 192 cm³/mol. The highest BCUT2D eigenvalue weighted by atomic mass is 16.5. The number of carbonyl (C=O) groups is 7. The summed E-state index contributed by atoms with van der Waals surface area (Å²) in [6.45, 7) is -0.0824. The molecule has 2 aromatic carbocycles. The van der Waals surface area contributed by atoms with Crippen LogP contribution in [0.15, 0.2) is 48.5 Å². The van der Waals surface area contributed by atoms with Gasteiger partial charge in [-0.05, 0) is 41.8 Å². The van der Waals surface area contributed by atoms with Crippen molar-refractivity contribution < 1.29 is 62.0 Å². The molecule has 0 aliphatic carbocycles. The lowest BCUT2D eigenvalue weighted by Gasteiger charge is -2.32. The molecule has 2 N–H and O–H groups in total. The summed E-state index contributed by atoms with van der Waals surface area (Å²) >= 11 is 0. The van der Waals surface area contributed by atoms with Crippen LogP contribution in [-0.2, 0) is 65.4 Å². The Balaban J connectivity index is 2.16. The van der Waals surface area contributed by atoms with Crippen LogP contribution in [0.2, 0.25) is 0 Å². The summed E-state index contributed by atoms with van der Waals surface area (Å²) in [6.07, 6.45) is 0.112. The highest BCUT2D eigenvalue weighted by molar-refractivity contribution is 5.90. The molecule has 18 heteroatoms. The van der Waals surface area contributed by atoms with Gasteiger partial charge in [-0.25, -0.2) is 9.59 Å². The fourth-order valence-corrected chi connectivity index (χ4v) is 5.03. The van der Waals surface area contributed by atoms with Gasteiger partial charge >= 0.3 is 41.8 Å². The number of esters is 6. The Morgan fingerprint density at radius 1 is 0.556 bits per heavy atom. The molecule has 1 unspecified atom stereocenters. The van der Waals surface area contributed by atoms with Crippen molar-refractivity contribution >= 4 is 47.5 Å². The van der Waals surface area contributed by atoms with E-state index in [1.54, 1.807) is 58.3 Å². The van der Waals surface area contributed by atoms with E-state index in [0.717, 1.165) is 5.56 Å². The first-order valence-electron chi connectivity index (χ1n) is 16.7. The molecule has 54 heavy (non-hydrogen) atoms. The third kappa shape index (κ3) is 16.0. The Kier molecular flexibility index (Phi) is 19.7. The van der Waals surface area contributed by atoms with Gasteiger partial charge in [-0.2, -0.15) is 0 Å². The van der Waals surface area contributed by atoms with E-state index >= 15 is 0 Å². The van der Waals surface area contributed by atoms with E-state index in [1.807, 2.05) is 0 Å². The van der Waals surface area contributed by atoms with Crippen LogP contribution >= 0.6 is 0 Å². The Morgan fingerprint density at radius 2 is 1.04 bits per heavy atom. The fourth-order valence-electron chi connectivity index (χ4n) is 5.03. The lowest BCUT2D eigenvalue weighted by molar-refractivity contribution is -0.151. The molecule has 0 saturated carbocycles. The van der Waals surface area contributed by atoms with Gasteiger partial charge in [-0.3, -0.25) is 38.7 Å². The van der Waals surface area contributed by atoms with Crippen molar-refractivity contribution in [2.75, 3.05) is 100 Å². The standard InChI is InChI=1S/C36H49N5O13/c1-49-30(42)21-39(15-16-40(22-31(43)50-2)23-32(44)51-3)17-18-41(24-33(45)52-4)29(35(47)54-6)19-25-9-13-28(14-10-25)38-36(48)37-20-26-7-11-27(12-8-26)34(46)53-5/h7-14,29H,15-24H2,1-6H3,(H2,37,38,48). The van der Waals surface area contributed by atoms with Crippen LogP contribution in [0.1, 0.15) is 21.5 Å². The Labute approximate surface area is 313 Å². The van der Waals surface area contributed by atoms with Crippen molar-refractivity contribution in [2.24, 2.45) is 0 Å². The number of hydrogen-bond acceptors (Lipinski definition) is 16. The molecule has 0 aliphatic heterocycles. The lowest BCUT2D eigenvalue weighted by atomic mass is 10.0. The molecule has 0 heterocycles. The number of amides is 2. The summed E-state index contributed by atoms with van der Waals surface area (Å²) in [4.78, 5) is 90.9. The fraction of sp³-hybridized carbons (Fsp3) is 0.472. The SMILES string of the molecule is COC(=O)CN(CCN(CC(=O)OC)CC(=O)OC)CCN(CC(=O)OC)C(Cc1ccc(NC(=O)NCc2ccc(C(=O)OC)cc2)cc1)C(=O)OC. The van der Waals surface area contributed by atoms with E-state index in [4.69, 9.17) is 23.7 Å². The molecule has 0 aliphatic rings. The summed E-state index contributed by atoms with van der Waals surface area (Å²) in [5, 5.41) is 5.48. The number of urea groups is 1. The number of nitrogens with one attached hydrogen (secondary N) is 2. The van der Waals surface area contributed by atoms with Gasteiger partial charge in [-0.15, -0.1) is 0 Å². The molecule has 0 bridgehead atoms. The van der Waals surface area contributed by atoms with Gasteiger partial charge in [0.05, 0.1) is 74.4 Å². The van der Waals surface area contributed by atoms with Crippen molar-refractivity contribution in [1.82, 2.24) is 20.0 Å². The minimum absolute atomic E-state index is 0.0884. The second-order valence-corrected chi connectivity index (χ2v) is 11.7. The van der Waals surface area contributed by atoms with E-state index < -0.39 is 47.9 Å². The molecule has 0 spiro atoms. The number of rotatable bonds is 22. The first-order valence-corrected chi connectivity index (χ1v) is 16.7. The molecular weight excluding hydrogens is 710 g/mol. The van der Waals surface area contributed by atoms with E-state index in [-0.39, 0.29) is 65.3 Å². The number of methoxy groups -OCH3 is 6. The molecule has 296 valence electrons. The van der Waals surface area contributed by atoms with Gasteiger partial charge in [0.25, 0.3) is 0 Å². The molecule has 2 rings (SSSR count). The average molecular weight is 760 g/mol. The van der Waals surface area contributed by atoms with Crippen LogP contribution in [0, 0.1) is 0 Å². The maximum absolute atomic E-state index is 13.2. The smallest absolute Gasteiger partial charge is 0.337 e. The van der Waals surface area contributed by atoms with Gasteiger partial charge in [0, 0.05) is 38.4 Å². The Morgan fingerprint density at radius 3 is 1.56 bits per heavy atom. The van der Waals surface area contributed by atoms with Crippen molar-refractivity contribution in [3.05, 3.63) is 65.2 Å². The first-order chi connectivity index (χ1) is 25.8. The normalized spacial score (nSPS) is 11.4. The summed E-state index contributed by atoms with van der Waals surface area (Å²) < 4.78 is 29.0. The number of nitrogens with zero attached hydrogens (tertiary/aromatic N) is 3. The maximum atomic E-state index is 13.2. The van der Waals surface area contributed by atoms with Crippen LogP contribution in [0.3, 0.4) is 0 Å². The van der Waals surface area contributed by atoms with Crippen molar-refractivity contribution in [3.63, 3.8) is 0 Å². The van der Waals surface area contributed by atoms with Gasteiger partial charge in [0.1, 0.15) is 6.04 Å². The zero-order valence-corrected chi connectivity index (χ0v) is 31.4. The summed E-state index contributed by atoms with van der Waals surface area (Å²) in [6, 6.07) is 11.9. The third-order valence-corrected chi connectivity index (χ3v) is 8.12. The summed E-state index contributed by atoms with van der Waals surface area (Å²) in [5.41, 5.74) is 2.32. The second-order valence-electron chi connectivity index (χ2n) is 11.7. The van der Waals surface area contributed by atoms with Crippen LogP contribution in [0.4, 0.5) is 10.5 Å². The first kappa shape index (κ1) is 44.6. The topological polar surface area (TPSA) is 209 Å².